The number of benzene rings is 2. The van der Waals surface area contributed by atoms with Gasteiger partial charge in [0.05, 0.1) is 14.2 Å². The lowest BCUT2D eigenvalue weighted by Crippen LogP contribution is -2.37. The highest BCUT2D eigenvalue weighted by Crippen LogP contribution is 2.36. The van der Waals surface area contributed by atoms with Crippen LogP contribution in [-0.4, -0.2) is 86.3 Å². The minimum absolute atomic E-state index is 0.204. The Morgan fingerprint density at radius 2 is 1.64 bits per heavy atom. The number of ether oxygens (including phenoxy) is 2. The number of hydrogen-bond acceptors (Lipinski definition) is 5. The van der Waals surface area contributed by atoms with Crippen LogP contribution in [0.25, 0.3) is 0 Å². The van der Waals surface area contributed by atoms with Crippen molar-refractivity contribution in [3.63, 3.8) is 0 Å². The van der Waals surface area contributed by atoms with Crippen LogP contribution >= 0.6 is 0 Å². The Morgan fingerprint density at radius 1 is 1.00 bits per heavy atom. The van der Waals surface area contributed by atoms with Crippen LogP contribution in [0.4, 0.5) is 4.79 Å². The lowest BCUT2D eigenvalue weighted by Gasteiger charge is -2.34. The van der Waals surface area contributed by atoms with Gasteiger partial charge in [-0.15, -0.1) is 0 Å². The number of hydrogen-bond donors (Lipinski definition) is 1. The summed E-state index contributed by atoms with van der Waals surface area (Å²) in [5.74, 6) is 2.14. The fourth-order valence-electron chi connectivity index (χ4n) is 5.29. The summed E-state index contributed by atoms with van der Waals surface area (Å²) in [4.78, 5) is 29.6. The first-order valence-electron chi connectivity index (χ1n) is 12.5. The third-order valence-electron chi connectivity index (χ3n) is 7.46. The van der Waals surface area contributed by atoms with Crippen LogP contribution in [0.2, 0.25) is 0 Å². The van der Waals surface area contributed by atoms with E-state index in [2.05, 4.69) is 24.1 Å². The minimum Gasteiger partial charge on any atom is -0.493 e. The van der Waals surface area contributed by atoms with Crippen molar-refractivity contribution >= 4 is 12.0 Å². The summed E-state index contributed by atoms with van der Waals surface area (Å²) in [5, 5.41) is 9.07. The number of carboxylic acid groups (broad SMARTS) is 1. The maximum absolute atomic E-state index is 13.0. The van der Waals surface area contributed by atoms with Crippen molar-refractivity contribution in [2.45, 2.75) is 38.1 Å². The van der Waals surface area contributed by atoms with Crippen molar-refractivity contribution in [2.75, 3.05) is 54.5 Å². The molecule has 2 aliphatic rings. The maximum atomic E-state index is 13.0. The zero-order valence-corrected chi connectivity index (χ0v) is 21.7. The highest BCUT2D eigenvalue weighted by molar-refractivity contribution is 5.76. The van der Waals surface area contributed by atoms with E-state index in [0.717, 1.165) is 62.5 Å². The highest BCUT2D eigenvalue weighted by Gasteiger charge is 2.28. The third kappa shape index (κ3) is 5.75. The predicted octanol–water partition coefficient (Wildman–Crippen LogP) is 3.40. The normalized spacial score (nSPS) is 16.5. The zero-order chi connectivity index (χ0) is 25.8. The largest absolute Gasteiger partial charge is 0.493 e. The summed E-state index contributed by atoms with van der Waals surface area (Å²) < 4.78 is 10.9. The van der Waals surface area contributed by atoms with Gasteiger partial charge in [-0.1, -0.05) is 18.2 Å². The highest BCUT2D eigenvalue weighted by atomic mass is 16.5. The summed E-state index contributed by atoms with van der Waals surface area (Å²) in [6, 6.07) is 10.4. The Bertz CT molecular complexity index is 1080. The van der Waals surface area contributed by atoms with Crippen molar-refractivity contribution in [1.82, 2.24) is 14.7 Å². The molecule has 0 radical (unpaired) electrons. The van der Waals surface area contributed by atoms with Gasteiger partial charge in [-0.05, 0) is 66.3 Å². The molecule has 1 aliphatic heterocycles. The van der Waals surface area contributed by atoms with Crippen LogP contribution in [0.15, 0.2) is 30.3 Å². The van der Waals surface area contributed by atoms with E-state index in [-0.39, 0.29) is 5.91 Å². The lowest BCUT2D eigenvalue weighted by atomic mass is 9.76. The van der Waals surface area contributed by atoms with Crippen LogP contribution in [0.1, 0.15) is 40.2 Å². The zero-order valence-electron chi connectivity index (χ0n) is 21.7. The Hall–Kier alpha value is -3.26. The first-order chi connectivity index (χ1) is 17.3. The van der Waals surface area contributed by atoms with Gasteiger partial charge in [0, 0.05) is 52.1 Å². The molecule has 1 heterocycles. The van der Waals surface area contributed by atoms with Gasteiger partial charge in [-0.2, -0.15) is 0 Å². The van der Waals surface area contributed by atoms with E-state index in [9.17, 15) is 9.59 Å². The molecule has 8 nitrogen and oxygen atoms in total. The lowest BCUT2D eigenvalue weighted by molar-refractivity contribution is -0.131. The smallest absolute Gasteiger partial charge is 0.407 e. The van der Waals surface area contributed by atoms with Crippen LogP contribution in [0.3, 0.4) is 0 Å². The average Bonchev–Trinajstić information content (AvgIpc) is 3.07. The van der Waals surface area contributed by atoms with E-state index in [1.807, 2.05) is 23.1 Å². The van der Waals surface area contributed by atoms with Gasteiger partial charge in [0.1, 0.15) is 0 Å². The van der Waals surface area contributed by atoms with Gasteiger partial charge in [-0.3, -0.25) is 4.79 Å². The second kappa shape index (κ2) is 11.2. The van der Waals surface area contributed by atoms with Crippen LogP contribution in [0, 0.1) is 0 Å². The Labute approximate surface area is 213 Å². The molecule has 0 bridgehead atoms. The molecule has 36 heavy (non-hydrogen) atoms. The molecule has 2 amide bonds. The number of fused-ring (bicyclic) bond motifs is 2. The summed E-state index contributed by atoms with van der Waals surface area (Å²) in [6.45, 7) is 3.50. The summed E-state index contributed by atoms with van der Waals surface area (Å²) in [5.41, 5.74) is 6.11. The predicted molar refractivity (Wildman–Crippen MR) is 138 cm³/mol. The van der Waals surface area contributed by atoms with E-state index in [1.54, 1.807) is 21.3 Å². The number of carbonyl (C=O) groups is 2. The van der Waals surface area contributed by atoms with Crippen molar-refractivity contribution in [3.05, 3.63) is 58.1 Å². The van der Waals surface area contributed by atoms with Gasteiger partial charge in [0.15, 0.2) is 11.5 Å². The SMILES string of the molecule is COc1cc2c(cc1OC)CCN(C(=O)CCN(C)CC1Cc3cc(CN(C)C(=O)O)ccc31)CC2. The van der Waals surface area contributed by atoms with Gasteiger partial charge < -0.3 is 29.3 Å². The molecule has 1 aliphatic carbocycles. The molecule has 0 spiro atoms. The van der Waals surface area contributed by atoms with Crippen molar-refractivity contribution in [2.24, 2.45) is 0 Å². The monoisotopic (exact) mass is 495 g/mol. The summed E-state index contributed by atoms with van der Waals surface area (Å²) >= 11 is 0. The van der Waals surface area contributed by atoms with E-state index in [0.29, 0.717) is 18.9 Å². The molecule has 0 fully saturated rings. The Morgan fingerprint density at radius 3 is 2.19 bits per heavy atom. The van der Waals surface area contributed by atoms with Crippen molar-refractivity contribution in [3.8, 4) is 11.5 Å². The molecule has 0 saturated heterocycles. The third-order valence-corrected chi connectivity index (χ3v) is 7.46. The summed E-state index contributed by atoms with van der Waals surface area (Å²) in [7, 11) is 6.96. The van der Waals surface area contributed by atoms with Gasteiger partial charge >= 0.3 is 6.09 Å². The second-order valence-corrected chi connectivity index (χ2v) is 9.94. The minimum atomic E-state index is -0.920. The molecule has 194 valence electrons. The standard InChI is InChI=1S/C28H37N3O5/c1-29(18-23-14-22-13-19(5-6-24(22)23)17-30(2)28(33)34)10-9-27(32)31-11-7-20-15-25(35-3)26(36-4)16-21(20)8-12-31/h5-6,13,15-16,23H,7-12,14,17-18H2,1-4H3,(H,33,34). The first kappa shape index (κ1) is 25.8. The molecule has 0 aromatic heterocycles. The van der Waals surface area contributed by atoms with Gasteiger partial charge in [-0.25, -0.2) is 4.79 Å². The van der Waals surface area contributed by atoms with Gasteiger partial charge in [0.25, 0.3) is 0 Å². The molecule has 4 rings (SSSR count). The van der Waals surface area contributed by atoms with Crippen LogP contribution in [0.5, 0.6) is 11.5 Å². The van der Waals surface area contributed by atoms with Crippen LogP contribution < -0.4 is 9.47 Å². The molecule has 2 aromatic carbocycles. The Balaban J connectivity index is 1.25. The van der Waals surface area contributed by atoms with Crippen molar-refractivity contribution < 1.29 is 24.2 Å². The number of rotatable bonds is 9. The van der Waals surface area contributed by atoms with Gasteiger partial charge in [0.2, 0.25) is 5.91 Å². The molecule has 1 N–H and O–H groups in total. The molecular formula is C28H37N3O5. The number of methoxy groups -OCH3 is 2. The molecule has 2 aromatic rings. The topological polar surface area (TPSA) is 82.6 Å². The second-order valence-electron chi connectivity index (χ2n) is 9.94. The fourth-order valence-corrected chi connectivity index (χ4v) is 5.29. The number of amides is 2. The molecular weight excluding hydrogens is 458 g/mol. The number of nitrogens with zero attached hydrogens (tertiary/aromatic N) is 3. The van der Waals surface area contributed by atoms with Crippen molar-refractivity contribution in [1.29, 1.82) is 0 Å². The van der Waals surface area contributed by atoms with E-state index in [4.69, 9.17) is 14.6 Å². The van der Waals surface area contributed by atoms with E-state index < -0.39 is 6.09 Å². The molecule has 1 unspecified atom stereocenters. The average molecular weight is 496 g/mol. The Kier molecular flexibility index (Phi) is 8.04. The van der Waals surface area contributed by atoms with E-state index >= 15 is 0 Å². The van der Waals surface area contributed by atoms with Crippen LogP contribution in [-0.2, 0) is 30.6 Å². The number of likely N-dealkylation sites (N-methyl/N-ethyl adjacent to an activating group) is 1. The molecule has 1 atom stereocenters. The van der Waals surface area contributed by atoms with E-state index in [1.165, 1.54) is 27.2 Å². The quantitative estimate of drug-likeness (QED) is 0.574. The molecule has 8 heteroatoms. The fraction of sp³-hybridized carbons (Fsp3) is 0.500. The first-order valence-corrected chi connectivity index (χ1v) is 12.5. The number of carbonyl (C=O) groups excluding carboxylic acids is 1. The summed E-state index contributed by atoms with van der Waals surface area (Å²) in [6.07, 6.45) is 2.23. The molecule has 0 saturated carbocycles. The maximum Gasteiger partial charge on any atom is 0.407 e.